The van der Waals surface area contributed by atoms with Gasteiger partial charge in [0.15, 0.2) is 0 Å². The number of hydrogen-bond acceptors (Lipinski definition) is 7. The number of sulfonamides is 1. The van der Waals surface area contributed by atoms with Crippen LogP contribution in [0.3, 0.4) is 0 Å². The molecule has 2 aromatic heterocycles. The van der Waals surface area contributed by atoms with Crippen LogP contribution in [0, 0.1) is 0 Å². The van der Waals surface area contributed by atoms with E-state index in [4.69, 9.17) is 0 Å². The second-order valence-corrected chi connectivity index (χ2v) is 10.3. The zero-order chi connectivity index (χ0) is 23.2. The highest BCUT2D eigenvalue weighted by molar-refractivity contribution is 7.89. The molecule has 0 fully saturated rings. The standard InChI is InChI=1S/C22H22N6O3S2/c1-15(29)28(16-7-4-3-5-8-16)14-19-17-13-27(12-11-20(17)26(2)23-19)33(30,31)21-10-6-9-18-22(21)25-32-24-18/h3-10H,11-14H2,1-2H3. The molecule has 3 heterocycles. The van der Waals surface area contributed by atoms with Crippen molar-refractivity contribution in [2.75, 3.05) is 11.4 Å². The minimum absolute atomic E-state index is 0.108. The van der Waals surface area contributed by atoms with Gasteiger partial charge in [-0.05, 0) is 24.3 Å². The molecule has 0 unspecified atom stereocenters. The van der Waals surface area contributed by atoms with Crippen molar-refractivity contribution < 1.29 is 13.2 Å². The molecule has 0 aliphatic carbocycles. The van der Waals surface area contributed by atoms with Gasteiger partial charge in [0.2, 0.25) is 15.9 Å². The van der Waals surface area contributed by atoms with E-state index < -0.39 is 10.0 Å². The van der Waals surface area contributed by atoms with Crippen LogP contribution < -0.4 is 4.90 Å². The molecule has 2 aromatic carbocycles. The lowest BCUT2D eigenvalue weighted by Gasteiger charge is -2.28. The van der Waals surface area contributed by atoms with E-state index in [1.54, 1.807) is 27.8 Å². The highest BCUT2D eigenvalue weighted by Crippen LogP contribution is 2.31. The number of anilines is 1. The van der Waals surface area contributed by atoms with Crippen molar-refractivity contribution in [3.8, 4) is 0 Å². The van der Waals surface area contributed by atoms with Crippen molar-refractivity contribution in [2.24, 2.45) is 7.05 Å². The molecule has 0 radical (unpaired) electrons. The fraction of sp³-hybridized carbons (Fsp3) is 0.273. The smallest absolute Gasteiger partial charge is 0.245 e. The van der Waals surface area contributed by atoms with Crippen molar-refractivity contribution in [3.05, 3.63) is 65.5 Å². The maximum Gasteiger partial charge on any atom is 0.245 e. The lowest BCUT2D eigenvalue weighted by atomic mass is 10.1. The summed E-state index contributed by atoms with van der Waals surface area (Å²) in [5.41, 5.74) is 4.26. The summed E-state index contributed by atoms with van der Waals surface area (Å²) in [6, 6.07) is 14.4. The fourth-order valence-electron chi connectivity index (χ4n) is 4.25. The highest BCUT2D eigenvalue weighted by atomic mass is 32.2. The van der Waals surface area contributed by atoms with E-state index in [0.29, 0.717) is 29.7 Å². The van der Waals surface area contributed by atoms with Gasteiger partial charge in [-0.15, -0.1) is 0 Å². The van der Waals surface area contributed by atoms with Crippen LogP contribution in [0.2, 0.25) is 0 Å². The molecule has 0 bridgehead atoms. The first-order valence-corrected chi connectivity index (χ1v) is 12.6. The molecule has 1 amide bonds. The van der Waals surface area contributed by atoms with Crippen LogP contribution in [0.4, 0.5) is 5.69 Å². The Bertz CT molecular complexity index is 1450. The van der Waals surface area contributed by atoms with E-state index in [9.17, 15) is 13.2 Å². The first kappa shape index (κ1) is 21.7. The molecule has 1 aliphatic rings. The average molecular weight is 483 g/mol. The third kappa shape index (κ3) is 3.81. The molecule has 170 valence electrons. The summed E-state index contributed by atoms with van der Waals surface area (Å²) in [6.07, 6.45) is 0.536. The lowest BCUT2D eigenvalue weighted by molar-refractivity contribution is -0.116. The Morgan fingerprint density at radius 2 is 1.91 bits per heavy atom. The monoisotopic (exact) mass is 482 g/mol. The number of rotatable bonds is 5. The highest BCUT2D eigenvalue weighted by Gasteiger charge is 2.34. The summed E-state index contributed by atoms with van der Waals surface area (Å²) in [7, 11) is -1.93. The summed E-state index contributed by atoms with van der Waals surface area (Å²) in [6.45, 7) is 2.32. The number of carbonyl (C=O) groups excluding carboxylic acids is 1. The Morgan fingerprint density at radius 3 is 2.67 bits per heavy atom. The quantitative estimate of drug-likeness (QED) is 0.434. The van der Waals surface area contributed by atoms with Gasteiger partial charge in [0, 0.05) is 50.4 Å². The molecule has 4 aromatic rings. The number of para-hydroxylation sites is 1. The first-order chi connectivity index (χ1) is 15.9. The molecule has 9 nitrogen and oxygen atoms in total. The van der Waals surface area contributed by atoms with Gasteiger partial charge in [-0.2, -0.15) is 18.2 Å². The normalized spacial score (nSPS) is 14.4. The van der Waals surface area contributed by atoms with E-state index in [1.807, 2.05) is 37.4 Å². The molecule has 1 aliphatic heterocycles. The predicted octanol–water partition coefficient (Wildman–Crippen LogP) is 2.72. The topological polar surface area (TPSA) is 101 Å². The van der Waals surface area contributed by atoms with E-state index >= 15 is 0 Å². The lowest BCUT2D eigenvalue weighted by Crippen LogP contribution is -2.37. The van der Waals surface area contributed by atoms with Crippen LogP contribution in [0.1, 0.15) is 23.9 Å². The van der Waals surface area contributed by atoms with Gasteiger partial charge in [-0.1, -0.05) is 24.3 Å². The molecular weight excluding hydrogens is 460 g/mol. The molecule has 0 spiro atoms. The molecule has 0 saturated carbocycles. The second kappa shape index (κ2) is 8.32. The van der Waals surface area contributed by atoms with Crippen molar-refractivity contribution in [1.29, 1.82) is 0 Å². The second-order valence-electron chi connectivity index (χ2n) is 7.91. The Hall–Kier alpha value is -3.15. The van der Waals surface area contributed by atoms with Gasteiger partial charge >= 0.3 is 0 Å². The van der Waals surface area contributed by atoms with Gasteiger partial charge in [0.25, 0.3) is 0 Å². The Balaban J connectivity index is 1.49. The summed E-state index contributed by atoms with van der Waals surface area (Å²) in [5.74, 6) is -0.108. The van der Waals surface area contributed by atoms with Crippen LogP contribution in [0.25, 0.3) is 11.0 Å². The number of nitrogens with zero attached hydrogens (tertiary/aromatic N) is 6. The first-order valence-electron chi connectivity index (χ1n) is 10.4. The van der Waals surface area contributed by atoms with E-state index in [-0.39, 0.29) is 23.9 Å². The van der Waals surface area contributed by atoms with Crippen molar-refractivity contribution in [2.45, 2.75) is 31.3 Å². The number of fused-ring (bicyclic) bond motifs is 2. The molecule has 0 saturated heterocycles. The largest absolute Gasteiger partial charge is 0.307 e. The van der Waals surface area contributed by atoms with Crippen LogP contribution in [-0.4, -0.2) is 43.7 Å². The Labute approximate surface area is 195 Å². The van der Waals surface area contributed by atoms with Crippen LogP contribution in [0.15, 0.2) is 53.4 Å². The summed E-state index contributed by atoms with van der Waals surface area (Å²) >= 11 is 0.998. The van der Waals surface area contributed by atoms with E-state index in [1.165, 1.54) is 11.2 Å². The number of hydrogen-bond donors (Lipinski definition) is 0. The molecule has 0 atom stereocenters. The van der Waals surface area contributed by atoms with Crippen molar-refractivity contribution in [1.82, 2.24) is 22.8 Å². The maximum atomic E-state index is 13.6. The average Bonchev–Trinajstić information content (AvgIpc) is 3.42. The third-order valence-electron chi connectivity index (χ3n) is 5.91. The number of carbonyl (C=O) groups is 1. The maximum absolute atomic E-state index is 13.6. The van der Waals surface area contributed by atoms with Gasteiger partial charge in [-0.3, -0.25) is 9.48 Å². The molecule has 0 N–H and O–H groups in total. The summed E-state index contributed by atoms with van der Waals surface area (Å²) in [4.78, 5) is 14.2. The number of benzene rings is 2. The van der Waals surface area contributed by atoms with Crippen molar-refractivity contribution >= 4 is 44.4 Å². The zero-order valence-electron chi connectivity index (χ0n) is 18.2. The van der Waals surface area contributed by atoms with E-state index in [2.05, 4.69) is 13.8 Å². The zero-order valence-corrected chi connectivity index (χ0v) is 19.8. The van der Waals surface area contributed by atoms with Gasteiger partial charge in [0.05, 0.1) is 24.0 Å². The SMILES string of the molecule is CC(=O)N(Cc1nn(C)c2c1CN(S(=O)(=O)c1cccc3nsnc13)CC2)c1ccccc1. The van der Waals surface area contributed by atoms with Gasteiger partial charge in [0.1, 0.15) is 15.9 Å². The van der Waals surface area contributed by atoms with Crippen LogP contribution in [0.5, 0.6) is 0 Å². The minimum atomic E-state index is -3.79. The van der Waals surface area contributed by atoms with Crippen molar-refractivity contribution in [3.63, 3.8) is 0 Å². The fourth-order valence-corrected chi connectivity index (χ4v) is 6.41. The molecule has 33 heavy (non-hydrogen) atoms. The summed E-state index contributed by atoms with van der Waals surface area (Å²) < 4.78 is 38.7. The predicted molar refractivity (Wildman–Crippen MR) is 125 cm³/mol. The number of amides is 1. The Morgan fingerprint density at radius 1 is 1.12 bits per heavy atom. The van der Waals surface area contributed by atoms with Crippen LogP contribution >= 0.6 is 11.7 Å². The third-order valence-corrected chi connectivity index (χ3v) is 8.33. The molecule has 5 rings (SSSR count). The van der Waals surface area contributed by atoms with Gasteiger partial charge in [-0.25, -0.2) is 8.42 Å². The van der Waals surface area contributed by atoms with E-state index in [0.717, 1.165) is 28.7 Å². The Kier molecular flexibility index (Phi) is 5.47. The summed E-state index contributed by atoms with van der Waals surface area (Å²) in [5, 5.41) is 4.65. The number of aryl methyl sites for hydroxylation is 1. The van der Waals surface area contributed by atoms with Crippen LogP contribution in [-0.2, 0) is 41.4 Å². The minimum Gasteiger partial charge on any atom is -0.307 e. The molecule has 11 heteroatoms. The molecular formula is C22H22N6O3S2. The van der Waals surface area contributed by atoms with Gasteiger partial charge < -0.3 is 4.90 Å². The number of aromatic nitrogens is 4.